The number of nitrogens with zero attached hydrogens (tertiary/aromatic N) is 1. The zero-order valence-electron chi connectivity index (χ0n) is 36.7. The third-order valence-electron chi connectivity index (χ3n) is 14.0. The minimum absolute atomic E-state index is 0.540. The molecular formula is C65H43NS. The highest BCUT2D eigenvalue weighted by atomic mass is 32.1. The number of fused-ring (bicyclic) bond motifs is 7. The van der Waals surface area contributed by atoms with Crippen molar-refractivity contribution in [2.24, 2.45) is 0 Å². The van der Waals surface area contributed by atoms with Crippen LogP contribution in [0.15, 0.2) is 261 Å². The summed E-state index contributed by atoms with van der Waals surface area (Å²) >= 11 is 1.87. The van der Waals surface area contributed by atoms with Crippen LogP contribution in [0, 0.1) is 0 Å². The Morgan fingerprint density at radius 2 is 0.821 bits per heavy atom. The maximum absolute atomic E-state index is 2.53. The zero-order chi connectivity index (χ0) is 44.3. The van der Waals surface area contributed by atoms with Crippen LogP contribution in [0.1, 0.15) is 22.3 Å². The van der Waals surface area contributed by atoms with Crippen LogP contribution >= 0.6 is 11.3 Å². The maximum atomic E-state index is 2.53. The average molecular weight is 870 g/mol. The Balaban J connectivity index is 1.09. The molecule has 11 aromatic carbocycles. The molecule has 0 spiro atoms. The van der Waals surface area contributed by atoms with Gasteiger partial charge in [0.15, 0.2) is 0 Å². The molecule has 2 heteroatoms. The molecule has 0 fully saturated rings. The number of hydrogen-bond donors (Lipinski definition) is 0. The molecule has 0 saturated heterocycles. The van der Waals surface area contributed by atoms with Gasteiger partial charge in [-0.05, 0) is 103 Å². The molecule has 0 atom stereocenters. The van der Waals surface area contributed by atoms with Gasteiger partial charge in [-0.25, -0.2) is 0 Å². The largest absolute Gasteiger partial charge is 0.309 e. The molecule has 0 aliphatic heterocycles. The third-order valence-corrected chi connectivity index (χ3v) is 15.1. The SMILES string of the molecule is c1ccc(-c2cccc3cccc(-c4ccccc4N(c4ccc(-c5cccc6sc7ccccc7c56)cc4)c4cccc5c4-c4ccccc4C5(c4ccccc4)c4ccccc4)c23)cc1. The summed E-state index contributed by atoms with van der Waals surface area (Å²) in [5, 5.41) is 5.08. The normalized spacial score (nSPS) is 12.6. The van der Waals surface area contributed by atoms with E-state index in [0.717, 1.165) is 22.6 Å². The summed E-state index contributed by atoms with van der Waals surface area (Å²) in [7, 11) is 0. The Labute approximate surface area is 395 Å². The smallest absolute Gasteiger partial charge is 0.0714 e. The standard InChI is InChI=1S/C65H43NS/c1-4-20-44(21-5-1)50-31-16-22-46-23-17-33-53(62(46)50)52-28-11-14-36-58(52)66(49-42-40-45(41-43-49)51-32-18-39-61-63(51)55-30-12-15-38-60(55)67-61)59-37-19-35-57-64(59)54-29-10-13-34-56(54)65(57,47-24-6-2-7-25-47)48-26-8-3-9-27-48/h1-43H. The molecule has 12 aromatic rings. The fourth-order valence-corrected chi connectivity index (χ4v) is 12.3. The number of thiophene rings is 1. The summed E-state index contributed by atoms with van der Waals surface area (Å²) in [6.07, 6.45) is 0. The van der Waals surface area contributed by atoms with Crippen LogP contribution < -0.4 is 4.90 Å². The molecule has 0 saturated carbocycles. The minimum Gasteiger partial charge on any atom is -0.309 e. The predicted octanol–water partition coefficient (Wildman–Crippen LogP) is 18.0. The van der Waals surface area contributed by atoms with Gasteiger partial charge in [-0.3, -0.25) is 0 Å². The van der Waals surface area contributed by atoms with Gasteiger partial charge in [0.1, 0.15) is 0 Å². The lowest BCUT2D eigenvalue weighted by Crippen LogP contribution is -2.28. The van der Waals surface area contributed by atoms with Crippen LogP contribution in [0.4, 0.5) is 17.1 Å². The molecule has 0 unspecified atom stereocenters. The number of hydrogen-bond acceptors (Lipinski definition) is 2. The number of rotatable bonds is 8. The van der Waals surface area contributed by atoms with Crippen LogP contribution in [-0.4, -0.2) is 0 Å². The molecule has 1 aliphatic rings. The van der Waals surface area contributed by atoms with Crippen LogP contribution in [-0.2, 0) is 5.41 Å². The van der Waals surface area contributed by atoms with E-state index in [-0.39, 0.29) is 0 Å². The molecule has 1 heterocycles. The van der Waals surface area contributed by atoms with Gasteiger partial charge >= 0.3 is 0 Å². The summed E-state index contributed by atoms with van der Waals surface area (Å²) in [4.78, 5) is 2.53. The number of benzene rings is 11. The molecule has 67 heavy (non-hydrogen) atoms. The summed E-state index contributed by atoms with van der Waals surface area (Å²) < 4.78 is 2.62. The van der Waals surface area contributed by atoms with Crippen LogP contribution in [0.2, 0.25) is 0 Å². The second-order valence-electron chi connectivity index (χ2n) is 17.5. The molecule has 0 amide bonds. The van der Waals surface area contributed by atoms with Crippen LogP contribution in [0.5, 0.6) is 0 Å². The van der Waals surface area contributed by atoms with E-state index in [4.69, 9.17) is 0 Å². The molecule has 1 aromatic heterocycles. The molecule has 0 N–H and O–H groups in total. The predicted molar refractivity (Wildman–Crippen MR) is 285 cm³/mol. The van der Waals surface area contributed by atoms with E-state index in [0.29, 0.717) is 0 Å². The summed E-state index contributed by atoms with van der Waals surface area (Å²) in [6.45, 7) is 0. The fourth-order valence-electron chi connectivity index (χ4n) is 11.2. The molecular weight excluding hydrogens is 827 g/mol. The minimum atomic E-state index is -0.540. The highest BCUT2D eigenvalue weighted by Crippen LogP contribution is 2.60. The Kier molecular flexibility index (Phi) is 9.33. The first kappa shape index (κ1) is 39.1. The van der Waals surface area contributed by atoms with Crippen molar-refractivity contribution < 1.29 is 0 Å². The lowest BCUT2D eigenvalue weighted by Gasteiger charge is -2.34. The van der Waals surface area contributed by atoms with Gasteiger partial charge in [-0.2, -0.15) is 0 Å². The van der Waals surface area contributed by atoms with Crippen molar-refractivity contribution in [3.05, 3.63) is 283 Å². The molecule has 13 rings (SSSR count). The first-order chi connectivity index (χ1) is 33.3. The van der Waals surface area contributed by atoms with Gasteiger partial charge in [0.25, 0.3) is 0 Å². The van der Waals surface area contributed by atoms with Gasteiger partial charge in [0.2, 0.25) is 0 Å². The van der Waals surface area contributed by atoms with Gasteiger partial charge in [-0.15, -0.1) is 11.3 Å². The Hall–Kier alpha value is -8.30. The monoisotopic (exact) mass is 869 g/mol. The Morgan fingerprint density at radius 3 is 1.57 bits per heavy atom. The van der Waals surface area contributed by atoms with Crippen molar-refractivity contribution in [2.75, 3.05) is 4.90 Å². The van der Waals surface area contributed by atoms with E-state index in [1.807, 2.05) is 11.3 Å². The first-order valence-corrected chi connectivity index (χ1v) is 23.9. The van der Waals surface area contributed by atoms with E-state index < -0.39 is 5.41 Å². The summed E-state index contributed by atoms with van der Waals surface area (Å²) in [5.74, 6) is 0. The van der Waals surface area contributed by atoms with E-state index in [2.05, 4.69) is 266 Å². The Morgan fingerprint density at radius 1 is 0.313 bits per heavy atom. The van der Waals surface area contributed by atoms with Crippen molar-refractivity contribution in [3.63, 3.8) is 0 Å². The molecule has 314 valence electrons. The summed E-state index contributed by atoms with van der Waals surface area (Å²) in [5.41, 5.74) is 17.6. The fraction of sp³-hybridized carbons (Fsp3) is 0.0154. The second kappa shape index (κ2) is 16.0. The van der Waals surface area contributed by atoms with Gasteiger partial charge < -0.3 is 4.90 Å². The van der Waals surface area contributed by atoms with Crippen molar-refractivity contribution >= 4 is 59.3 Å². The van der Waals surface area contributed by atoms with E-state index >= 15 is 0 Å². The Bertz CT molecular complexity index is 3750. The third kappa shape index (κ3) is 6.14. The van der Waals surface area contributed by atoms with Gasteiger partial charge in [0, 0.05) is 37.0 Å². The number of anilines is 3. The van der Waals surface area contributed by atoms with Gasteiger partial charge in [-0.1, -0.05) is 224 Å². The highest BCUT2D eigenvalue weighted by molar-refractivity contribution is 7.25. The highest BCUT2D eigenvalue weighted by Gasteiger charge is 2.47. The maximum Gasteiger partial charge on any atom is 0.0714 e. The van der Waals surface area contributed by atoms with Crippen molar-refractivity contribution in [2.45, 2.75) is 5.41 Å². The molecule has 0 radical (unpaired) electrons. The topological polar surface area (TPSA) is 3.24 Å². The lowest BCUT2D eigenvalue weighted by molar-refractivity contribution is 0.768. The van der Waals surface area contributed by atoms with Gasteiger partial charge in [0.05, 0.1) is 16.8 Å². The lowest BCUT2D eigenvalue weighted by atomic mass is 9.68. The van der Waals surface area contributed by atoms with Crippen molar-refractivity contribution in [3.8, 4) is 44.5 Å². The molecule has 1 nitrogen and oxygen atoms in total. The zero-order valence-corrected chi connectivity index (χ0v) is 37.5. The van der Waals surface area contributed by atoms with Crippen molar-refractivity contribution in [1.29, 1.82) is 0 Å². The van der Waals surface area contributed by atoms with Crippen molar-refractivity contribution in [1.82, 2.24) is 0 Å². The van der Waals surface area contributed by atoms with Crippen LogP contribution in [0.3, 0.4) is 0 Å². The quantitative estimate of drug-likeness (QED) is 0.147. The first-order valence-electron chi connectivity index (χ1n) is 23.1. The molecule has 0 bridgehead atoms. The average Bonchev–Trinajstić information content (AvgIpc) is 3.94. The van der Waals surface area contributed by atoms with E-state index in [1.165, 1.54) is 92.1 Å². The summed E-state index contributed by atoms with van der Waals surface area (Å²) in [6, 6.07) is 96.4. The molecule has 1 aliphatic carbocycles. The van der Waals surface area contributed by atoms with Crippen LogP contribution in [0.25, 0.3) is 75.5 Å². The number of para-hydroxylation sites is 1. The van der Waals surface area contributed by atoms with E-state index in [1.54, 1.807) is 0 Å². The second-order valence-corrected chi connectivity index (χ2v) is 18.6. The van der Waals surface area contributed by atoms with E-state index in [9.17, 15) is 0 Å².